The summed E-state index contributed by atoms with van der Waals surface area (Å²) in [7, 11) is 4.19. The molecule has 0 bridgehead atoms. The maximum atomic E-state index is 13.8. The van der Waals surface area contributed by atoms with Gasteiger partial charge in [0.2, 0.25) is 11.7 Å². The van der Waals surface area contributed by atoms with Crippen molar-refractivity contribution in [3.63, 3.8) is 0 Å². The van der Waals surface area contributed by atoms with Gasteiger partial charge in [-0.15, -0.1) is 0 Å². The van der Waals surface area contributed by atoms with Crippen LogP contribution in [0.1, 0.15) is 49.6 Å². The number of hydrogen-bond acceptors (Lipinski definition) is 4. The topological polar surface area (TPSA) is 42.2 Å². The van der Waals surface area contributed by atoms with E-state index in [4.69, 9.17) is 16.1 Å². The van der Waals surface area contributed by atoms with Crippen molar-refractivity contribution < 1.29 is 8.91 Å². The Hall–Kier alpha value is -2.24. The molecule has 4 nitrogen and oxygen atoms in total. The van der Waals surface area contributed by atoms with Crippen LogP contribution in [0.15, 0.2) is 53.1 Å². The summed E-state index contributed by atoms with van der Waals surface area (Å²) >= 11 is 5.95. The van der Waals surface area contributed by atoms with Crippen LogP contribution in [0.5, 0.6) is 0 Å². The second-order valence-electron chi connectivity index (χ2n) is 8.80. The van der Waals surface area contributed by atoms with Crippen molar-refractivity contribution in [1.82, 2.24) is 15.0 Å². The smallest absolute Gasteiger partial charge is 0.226 e. The highest BCUT2D eigenvalue weighted by Crippen LogP contribution is 2.40. The lowest BCUT2D eigenvalue weighted by Crippen LogP contribution is -2.30. The summed E-state index contributed by atoms with van der Waals surface area (Å²) in [6.45, 7) is 0. The van der Waals surface area contributed by atoms with Crippen molar-refractivity contribution in [2.45, 2.75) is 44.6 Å². The second kappa shape index (κ2) is 9.92. The molecule has 0 N–H and O–H groups in total. The first kappa shape index (κ1) is 22.0. The second-order valence-corrected chi connectivity index (χ2v) is 9.24. The van der Waals surface area contributed by atoms with Gasteiger partial charge in [0, 0.05) is 23.0 Å². The average Bonchev–Trinajstić information content (AvgIpc) is 3.23. The molecule has 1 aromatic heterocycles. The first-order valence-electron chi connectivity index (χ1n) is 11.0. The third-order valence-corrected chi connectivity index (χ3v) is 6.67. The maximum absolute atomic E-state index is 13.8. The van der Waals surface area contributed by atoms with E-state index in [2.05, 4.69) is 29.1 Å². The van der Waals surface area contributed by atoms with E-state index in [0.29, 0.717) is 28.6 Å². The largest absolute Gasteiger partial charge is 0.339 e. The highest BCUT2D eigenvalue weighted by atomic mass is 35.5. The Morgan fingerprint density at radius 2 is 1.84 bits per heavy atom. The van der Waals surface area contributed by atoms with Crippen LogP contribution < -0.4 is 0 Å². The Morgan fingerprint density at radius 1 is 1.10 bits per heavy atom. The molecule has 0 radical (unpaired) electrons. The molecule has 2 aromatic carbocycles. The predicted octanol–water partition coefficient (Wildman–Crippen LogP) is 6.57. The minimum absolute atomic E-state index is 0.157. The molecule has 31 heavy (non-hydrogen) atoms. The molecule has 1 fully saturated rings. The third-order valence-electron chi connectivity index (χ3n) is 6.42. The average molecular weight is 442 g/mol. The molecule has 0 spiro atoms. The molecular weight excluding hydrogens is 413 g/mol. The normalized spacial score (nSPS) is 20.2. The molecule has 1 atom stereocenters. The van der Waals surface area contributed by atoms with Crippen LogP contribution in [-0.4, -0.2) is 29.1 Å². The van der Waals surface area contributed by atoms with Crippen molar-refractivity contribution in [1.29, 1.82) is 0 Å². The van der Waals surface area contributed by atoms with Crippen LogP contribution in [0.25, 0.3) is 11.4 Å². The first-order valence-corrected chi connectivity index (χ1v) is 11.4. The lowest BCUT2D eigenvalue weighted by atomic mass is 9.75. The summed E-state index contributed by atoms with van der Waals surface area (Å²) in [6.07, 6.45) is 6.54. The zero-order valence-corrected chi connectivity index (χ0v) is 18.9. The van der Waals surface area contributed by atoms with Gasteiger partial charge in [-0.05, 0) is 87.2 Å². The van der Waals surface area contributed by atoms with Gasteiger partial charge in [0.15, 0.2) is 0 Å². The van der Waals surface area contributed by atoms with Crippen molar-refractivity contribution >= 4 is 11.6 Å². The van der Waals surface area contributed by atoms with Crippen LogP contribution in [0, 0.1) is 17.7 Å². The summed E-state index contributed by atoms with van der Waals surface area (Å²) in [4.78, 5) is 6.78. The fraction of sp³-hybridized carbons (Fsp3) is 0.440. The van der Waals surface area contributed by atoms with Crippen LogP contribution in [0.4, 0.5) is 4.39 Å². The fourth-order valence-electron chi connectivity index (χ4n) is 4.88. The molecule has 1 heterocycles. The molecular formula is C25H29ClFN3O. The Balaban J connectivity index is 1.31. The number of rotatable bonds is 7. The Kier molecular flexibility index (Phi) is 7.03. The number of benzene rings is 2. The molecule has 1 aliphatic carbocycles. The summed E-state index contributed by atoms with van der Waals surface area (Å²) in [5.74, 6) is 2.36. The Bertz CT molecular complexity index is 980. The Labute approximate surface area is 188 Å². The molecule has 1 aliphatic rings. The van der Waals surface area contributed by atoms with Gasteiger partial charge in [-0.3, -0.25) is 0 Å². The third kappa shape index (κ3) is 5.52. The van der Waals surface area contributed by atoms with Gasteiger partial charge < -0.3 is 9.42 Å². The van der Waals surface area contributed by atoms with Gasteiger partial charge in [0.1, 0.15) is 5.82 Å². The standard InChI is InChI=1S/C25H29ClFN3O/c1-30(2)24(20-4-3-5-22(27)16-20)18-9-6-17(7-10-18)8-15-23-28-25(29-31-23)19-11-13-21(26)14-12-19/h3-5,11-14,16-18,24H,6-10,15H2,1-2H3. The highest BCUT2D eigenvalue weighted by Gasteiger charge is 2.30. The van der Waals surface area contributed by atoms with E-state index in [1.54, 1.807) is 6.07 Å². The molecule has 1 unspecified atom stereocenters. The van der Waals surface area contributed by atoms with Crippen LogP contribution >= 0.6 is 11.6 Å². The van der Waals surface area contributed by atoms with Crippen LogP contribution in [-0.2, 0) is 6.42 Å². The van der Waals surface area contributed by atoms with E-state index in [1.165, 1.54) is 18.9 Å². The van der Waals surface area contributed by atoms with Crippen molar-refractivity contribution in [2.24, 2.45) is 11.8 Å². The number of aromatic nitrogens is 2. The number of hydrogen-bond donors (Lipinski definition) is 0. The zero-order chi connectivity index (χ0) is 21.8. The molecule has 4 rings (SSSR count). The molecule has 1 saturated carbocycles. The SMILES string of the molecule is CN(C)C(c1cccc(F)c1)C1CCC(CCc2nc(-c3ccc(Cl)cc3)no2)CC1. The van der Waals surface area contributed by atoms with Crippen LogP contribution in [0.2, 0.25) is 5.02 Å². The summed E-state index contributed by atoms with van der Waals surface area (Å²) < 4.78 is 19.2. The Morgan fingerprint density at radius 3 is 2.52 bits per heavy atom. The van der Waals surface area contributed by atoms with Crippen molar-refractivity contribution in [3.05, 3.63) is 70.8 Å². The molecule has 0 amide bonds. The molecule has 3 aromatic rings. The van der Waals surface area contributed by atoms with Gasteiger partial charge >= 0.3 is 0 Å². The molecule has 6 heteroatoms. The van der Waals surface area contributed by atoms with Crippen molar-refractivity contribution in [3.8, 4) is 11.4 Å². The van der Waals surface area contributed by atoms with E-state index in [0.717, 1.165) is 36.8 Å². The number of nitrogens with zero attached hydrogens (tertiary/aromatic N) is 3. The highest BCUT2D eigenvalue weighted by molar-refractivity contribution is 6.30. The first-order chi connectivity index (χ1) is 15.0. The van der Waals surface area contributed by atoms with Crippen LogP contribution in [0.3, 0.4) is 0 Å². The van der Waals surface area contributed by atoms with Gasteiger partial charge in [-0.1, -0.05) is 41.7 Å². The van der Waals surface area contributed by atoms with E-state index in [-0.39, 0.29) is 11.9 Å². The van der Waals surface area contributed by atoms with E-state index in [9.17, 15) is 4.39 Å². The molecule has 164 valence electrons. The van der Waals surface area contributed by atoms with Crippen molar-refractivity contribution in [2.75, 3.05) is 14.1 Å². The predicted molar refractivity (Wildman–Crippen MR) is 121 cm³/mol. The fourth-order valence-corrected chi connectivity index (χ4v) is 5.00. The minimum Gasteiger partial charge on any atom is -0.339 e. The molecule has 0 saturated heterocycles. The zero-order valence-electron chi connectivity index (χ0n) is 18.1. The number of halogens is 2. The maximum Gasteiger partial charge on any atom is 0.226 e. The van der Waals surface area contributed by atoms with Gasteiger partial charge in [-0.25, -0.2) is 4.39 Å². The van der Waals surface area contributed by atoms with Gasteiger partial charge in [-0.2, -0.15) is 4.98 Å². The van der Waals surface area contributed by atoms with E-state index in [1.807, 2.05) is 36.4 Å². The van der Waals surface area contributed by atoms with Gasteiger partial charge in [0.25, 0.3) is 0 Å². The summed E-state index contributed by atoms with van der Waals surface area (Å²) in [5.41, 5.74) is 1.99. The monoisotopic (exact) mass is 441 g/mol. The van der Waals surface area contributed by atoms with E-state index >= 15 is 0 Å². The minimum atomic E-state index is -0.157. The lowest BCUT2D eigenvalue weighted by Gasteiger charge is -2.37. The molecule has 0 aliphatic heterocycles. The van der Waals surface area contributed by atoms with Gasteiger partial charge in [0.05, 0.1) is 0 Å². The number of aryl methyl sites for hydroxylation is 1. The lowest BCUT2D eigenvalue weighted by molar-refractivity contribution is 0.145. The summed E-state index contributed by atoms with van der Waals surface area (Å²) in [6, 6.07) is 14.8. The summed E-state index contributed by atoms with van der Waals surface area (Å²) in [5, 5.41) is 4.80. The van der Waals surface area contributed by atoms with E-state index < -0.39 is 0 Å². The quantitative estimate of drug-likeness (QED) is 0.415.